The van der Waals surface area contributed by atoms with Crippen LogP contribution in [0.5, 0.6) is 0 Å². The number of hydrogen-bond acceptors (Lipinski definition) is 3. The molecule has 3 rings (SSSR count). The summed E-state index contributed by atoms with van der Waals surface area (Å²) in [5.41, 5.74) is 1.17. The summed E-state index contributed by atoms with van der Waals surface area (Å²) in [5.74, 6) is 1.07. The maximum absolute atomic E-state index is 10.0. The minimum atomic E-state index is -0.353. The van der Waals surface area contributed by atoms with Gasteiger partial charge in [0.2, 0.25) is 0 Å². The quantitative estimate of drug-likeness (QED) is 0.874. The van der Waals surface area contributed by atoms with Crippen molar-refractivity contribution in [2.75, 3.05) is 13.1 Å². The van der Waals surface area contributed by atoms with Crippen molar-refractivity contribution in [3.05, 3.63) is 17.7 Å². The molecule has 0 spiro atoms. The molecule has 1 N–H and O–H groups in total. The first-order chi connectivity index (χ1) is 8.79. The van der Waals surface area contributed by atoms with Gasteiger partial charge in [0, 0.05) is 12.6 Å². The van der Waals surface area contributed by atoms with Gasteiger partial charge in [0.15, 0.2) is 0 Å². The summed E-state index contributed by atoms with van der Waals surface area (Å²) >= 11 is 0. The molecule has 2 aliphatic rings. The molecular formula is C14H23N3O. The molecule has 100 valence electrons. The summed E-state index contributed by atoms with van der Waals surface area (Å²) < 4.78 is 1.99. The summed E-state index contributed by atoms with van der Waals surface area (Å²) in [6.07, 6.45) is 8.49. The van der Waals surface area contributed by atoms with Gasteiger partial charge in [-0.15, -0.1) is 0 Å². The Morgan fingerprint density at radius 3 is 3.00 bits per heavy atom. The fourth-order valence-corrected chi connectivity index (χ4v) is 3.34. The number of rotatable bonds is 2. The zero-order valence-corrected chi connectivity index (χ0v) is 11.2. The van der Waals surface area contributed by atoms with E-state index in [9.17, 15) is 5.11 Å². The average Bonchev–Trinajstić information content (AvgIpc) is 2.84. The van der Waals surface area contributed by atoms with E-state index in [0.29, 0.717) is 6.04 Å². The SMILES string of the molecule is CCN1CCCCC1c1cn2c(n1)CCCC2O. The smallest absolute Gasteiger partial charge is 0.131 e. The molecule has 2 unspecified atom stereocenters. The van der Waals surface area contributed by atoms with Gasteiger partial charge in [-0.3, -0.25) is 4.90 Å². The summed E-state index contributed by atoms with van der Waals surface area (Å²) in [6.45, 7) is 4.50. The second-order valence-electron chi connectivity index (χ2n) is 5.50. The Hall–Kier alpha value is -0.870. The molecule has 1 aromatic heterocycles. The number of piperidine rings is 1. The average molecular weight is 249 g/mol. The maximum atomic E-state index is 10.0. The molecule has 2 aliphatic heterocycles. The Balaban J connectivity index is 1.87. The molecule has 4 heteroatoms. The Bertz CT molecular complexity index is 415. The van der Waals surface area contributed by atoms with Crippen LogP contribution in [0.25, 0.3) is 0 Å². The number of aromatic nitrogens is 2. The van der Waals surface area contributed by atoms with Gasteiger partial charge in [0.1, 0.15) is 12.1 Å². The molecule has 0 amide bonds. The maximum Gasteiger partial charge on any atom is 0.131 e. The standard InChI is InChI=1S/C14H23N3O/c1-2-16-9-4-3-6-12(16)11-10-17-13(15-11)7-5-8-14(17)18/h10,12,14,18H,2-9H2,1H3. The summed E-state index contributed by atoms with van der Waals surface area (Å²) in [4.78, 5) is 7.30. The molecule has 3 heterocycles. The zero-order chi connectivity index (χ0) is 12.5. The van der Waals surface area contributed by atoms with Gasteiger partial charge in [-0.05, 0) is 38.8 Å². The van der Waals surface area contributed by atoms with E-state index in [4.69, 9.17) is 4.98 Å². The van der Waals surface area contributed by atoms with Crippen molar-refractivity contribution < 1.29 is 5.11 Å². The topological polar surface area (TPSA) is 41.3 Å². The van der Waals surface area contributed by atoms with Gasteiger partial charge >= 0.3 is 0 Å². The lowest BCUT2D eigenvalue weighted by molar-refractivity contribution is 0.0778. The zero-order valence-electron chi connectivity index (χ0n) is 11.2. The number of likely N-dealkylation sites (tertiary alicyclic amines) is 1. The van der Waals surface area contributed by atoms with E-state index < -0.39 is 0 Å². The molecule has 18 heavy (non-hydrogen) atoms. The Morgan fingerprint density at radius 2 is 2.22 bits per heavy atom. The van der Waals surface area contributed by atoms with Crippen molar-refractivity contribution in [2.24, 2.45) is 0 Å². The van der Waals surface area contributed by atoms with Crippen LogP contribution >= 0.6 is 0 Å². The first kappa shape index (κ1) is 12.2. The number of imidazole rings is 1. The van der Waals surface area contributed by atoms with Crippen molar-refractivity contribution in [3.63, 3.8) is 0 Å². The largest absolute Gasteiger partial charge is 0.373 e. The van der Waals surface area contributed by atoms with E-state index in [0.717, 1.165) is 31.6 Å². The van der Waals surface area contributed by atoms with Crippen LogP contribution in [0.1, 0.15) is 62.8 Å². The number of aliphatic hydroxyl groups excluding tert-OH is 1. The van der Waals surface area contributed by atoms with Crippen molar-refractivity contribution >= 4 is 0 Å². The van der Waals surface area contributed by atoms with E-state index in [2.05, 4.69) is 18.0 Å². The molecule has 1 fully saturated rings. The minimum Gasteiger partial charge on any atom is -0.373 e. The second-order valence-corrected chi connectivity index (χ2v) is 5.50. The van der Waals surface area contributed by atoms with E-state index in [1.165, 1.54) is 31.5 Å². The molecule has 0 bridgehead atoms. The van der Waals surface area contributed by atoms with Gasteiger partial charge in [-0.25, -0.2) is 4.98 Å². The third-order valence-electron chi connectivity index (χ3n) is 4.37. The van der Waals surface area contributed by atoms with Crippen LogP contribution in [0, 0.1) is 0 Å². The van der Waals surface area contributed by atoms with Gasteiger partial charge in [-0.2, -0.15) is 0 Å². The van der Waals surface area contributed by atoms with E-state index in [1.54, 1.807) is 0 Å². The fourth-order valence-electron chi connectivity index (χ4n) is 3.34. The molecule has 0 saturated carbocycles. The number of hydrogen-bond donors (Lipinski definition) is 1. The number of nitrogens with zero attached hydrogens (tertiary/aromatic N) is 3. The number of aryl methyl sites for hydroxylation is 1. The van der Waals surface area contributed by atoms with E-state index >= 15 is 0 Å². The second kappa shape index (κ2) is 5.02. The summed E-state index contributed by atoms with van der Waals surface area (Å²) in [7, 11) is 0. The third-order valence-corrected chi connectivity index (χ3v) is 4.37. The predicted octanol–water partition coefficient (Wildman–Crippen LogP) is 2.26. The van der Waals surface area contributed by atoms with Crippen molar-refractivity contribution in [1.29, 1.82) is 0 Å². The Kier molecular flexibility index (Phi) is 3.39. The Labute approximate surface area is 109 Å². The minimum absolute atomic E-state index is 0.353. The van der Waals surface area contributed by atoms with Gasteiger partial charge in [0.05, 0.1) is 11.7 Å². The highest BCUT2D eigenvalue weighted by atomic mass is 16.3. The first-order valence-corrected chi connectivity index (χ1v) is 7.29. The van der Waals surface area contributed by atoms with Crippen LogP contribution in [-0.4, -0.2) is 32.6 Å². The molecule has 1 aromatic rings. The van der Waals surface area contributed by atoms with Crippen molar-refractivity contribution in [3.8, 4) is 0 Å². The van der Waals surface area contributed by atoms with E-state index in [-0.39, 0.29) is 6.23 Å². The summed E-state index contributed by atoms with van der Waals surface area (Å²) in [5, 5.41) is 10.0. The molecule has 0 aliphatic carbocycles. The number of fused-ring (bicyclic) bond motifs is 1. The van der Waals surface area contributed by atoms with Gasteiger partial charge in [-0.1, -0.05) is 13.3 Å². The van der Waals surface area contributed by atoms with Crippen LogP contribution in [0.15, 0.2) is 6.20 Å². The molecule has 0 aromatic carbocycles. The lowest BCUT2D eigenvalue weighted by Crippen LogP contribution is -2.33. The fraction of sp³-hybridized carbons (Fsp3) is 0.786. The lowest BCUT2D eigenvalue weighted by Gasteiger charge is -2.33. The van der Waals surface area contributed by atoms with Crippen molar-refractivity contribution in [1.82, 2.24) is 14.5 Å². The normalized spacial score (nSPS) is 29.2. The Morgan fingerprint density at radius 1 is 1.33 bits per heavy atom. The van der Waals surface area contributed by atoms with Crippen LogP contribution in [0.4, 0.5) is 0 Å². The highest BCUT2D eigenvalue weighted by molar-refractivity contribution is 5.12. The molecule has 0 radical (unpaired) electrons. The lowest BCUT2D eigenvalue weighted by atomic mass is 10.00. The van der Waals surface area contributed by atoms with Gasteiger partial charge < -0.3 is 9.67 Å². The summed E-state index contributed by atoms with van der Waals surface area (Å²) in [6, 6.07) is 0.467. The van der Waals surface area contributed by atoms with Crippen LogP contribution in [0.3, 0.4) is 0 Å². The van der Waals surface area contributed by atoms with Crippen LogP contribution in [0.2, 0.25) is 0 Å². The third kappa shape index (κ3) is 2.08. The predicted molar refractivity (Wildman–Crippen MR) is 70.3 cm³/mol. The highest BCUT2D eigenvalue weighted by Gasteiger charge is 2.27. The molecule has 1 saturated heterocycles. The monoisotopic (exact) mass is 249 g/mol. The van der Waals surface area contributed by atoms with Gasteiger partial charge in [0.25, 0.3) is 0 Å². The number of aliphatic hydroxyl groups is 1. The molecule has 4 nitrogen and oxygen atoms in total. The highest BCUT2D eigenvalue weighted by Crippen LogP contribution is 2.32. The first-order valence-electron chi connectivity index (χ1n) is 7.29. The van der Waals surface area contributed by atoms with Crippen LogP contribution in [-0.2, 0) is 6.42 Å². The van der Waals surface area contributed by atoms with Crippen LogP contribution < -0.4 is 0 Å². The molecule has 2 atom stereocenters. The van der Waals surface area contributed by atoms with E-state index in [1.807, 2.05) is 4.57 Å². The van der Waals surface area contributed by atoms with Crippen molar-refractivity contribution in [2.45, 2.75) is 57.7 Å². The molecular weight excluding hydrogens is 226 g/mol.